The van der Waals surface area contributed by atoms with Crippen molar-refractivity contribution in [2.45, 2.75) is 12.8 Å². The van der Waals surface area contributed by atoms with Crippen LogP contribution in [0.25, 0.3) is 0 Å². The summed E-state index contributed by atoms with van der Waals surface area (Å²) in [5.41, 5.74) is 6.23. The van der Waals surface area contributed by atoms with Gasteiger partial charge in [0.2, 0.25) is 0 Å². The predicted octanol–water partition coefficient (Wildman–Crippen LogP) is 1.06. The smallest absolute Gasteiger partial charge is 0.308 e. The van der Waals surface area contributed by atoms with E-state index in [1.165, 1.54) is 7.11 Å². The first-order chi connectivity index (χ1) is 10.1. The van der Waals surface area contributed by atoms with Crippen LogP contribution in [-0.4, -0.2) is 43.6 Å². The summed E-state index contributed by atoms with van der Waals surface area (Å²) in [7, 11) is 1.39. The number of piperidine rings is 1. The number of ether oxygens (including phenoxy) is 2. The number of likely N-dealkylation sites (tertiary alicyclic amines) is 1. The van der Waals surface area contributed by atoms with Crippen LogP contribution in [0.4, 0.5) is 5.69 Å². The maximum Gasteiger partial charge on any atom is 0.308 e. The van der Waals surface area contributed by atoms with Crippen LogP contribution in [0.1, 0.15) is 12.8 Å². The maximum absolute atomic E-state index is 12.0. The third-order valence-corrected chi connectivity index (χ3v) is 3.62. The summed E-state index contributed by atoms with van der Waals surface area (Å²) >= 11 is 0. The average Bonchev–Trinajstić information content (AvgIpc) is 2.53. The molecule has 0 aromatic heterocycles. The molecule has 0 aliphatic carbocycles. The van der Waals surface area contributed by atoms with Gasteiger partial charge < -0.3 is 20.1 Å². The fraction of sp³-hybridized carbons (Fsp3) is 0.467. The number of carbonyl (C=O) groups is 2. The molecule has 0 saturated carbocycles. The van der Waals surface area contributed by atoms with E-state index in [-0.39, 0.29) is 24.4 Å². The topological polar surface area (TPSA) is 81.9 Å². The number of anilines is 1. The van der Waals surface area contributed by atoms with E-state index < -0.39 is 0 Å². The Hall–Kier alpha value is -2.24. The Morgan fingerprint density at radius 3 is 2.43 bits per heavy atom. The Morgan fingerprint density at radius 2 is 1.86 bits per heavy atom. The molecule has 1 fully saturated rings. The van der Waals surface area contributed by atoms with Crippen LogP contribution in [0.15, 0.2) is 24.3 Å². The number of carbonyl (C=O) groups excluding carboxylic acids is 2. The van der Waals surface area contributed by atoms with Gasteiger partial charge in [-0.15, -0.1) is 0 Å². The molecule has 0 atom stereocenters. The van der Waals surface area contributed by atoms with Gasteiger partial charge in [-0.05, 0) is 37.1 Å². The van der Waals surface area contributed by atoms with Crippen LogP contribution in [0, 0.1) is 5.92 Å². The molecule has 0 radical (unpaired) electrons. The molecule has 1 amide bonds. The first-order valence-electron chi connectivity index (χ1n) is 6.94. The Bertz CT molecular complexity index is 493. The monoisotopic (exact) mass is 292 g/mol. The average molecular weight is 292 g/mol. The van der Waals surface area contributed by atoms with Gasteiger partial charge in [-0.3, -0.25) is 9.59 Å². The summed E-state index contributed by atoms with van der Waals surface area (Å²) in [6.07, 6.45) is 1.28. The molecule has 0 spiro atoms. The summed E-state index contributed by atoms with van der Waals surface area (Å²) in [5, 5.41) is 0. The lowest BCUT2D eigenvalue weighted by Gasteiger charge is -2.30. The van der Waals surface area contributed by atoms with Crippen molar-refractivity contribution in [2.24, 2.45) is 5.92 Å². The van der Waals surface area contributed by atoms with Crippen molar-refractivity contribution in [3.8, 4) is 5.75 Å². The third-order valence-electron chi connectivity index (χ3n) is 3.62. The van der Waals surface area contributed by atoms with Gasteiger partial charge in [-0.2, -0.15) is 0 Å². The first kappa shape index (κ1) is 15.2. The number of esters is 1. The molecule has 6 heteroatoms. The van der Waals surface area contributed by atoms with Gasteiger partial charge in [-0.25, -0.2) is 0 Å². The second-order valence-electron chi connectivity index (χ2n) is 5.04. The highest BCUT2D eigenvalue weighted by molar-refractivity contribution is 5.78. The summed E-state index contributed by atoms with van der Waals surface area (Å²) in [6.45, 7) is 1.11. The summed E-state index contributed by atoms with van der Waals surface area (Å²) in [5.74, 6) is 0.245. The van der Waals surface area contributed by atoms with Gasteiger partial charge in [-0.1, -0.05) is 0 Å². The minimum absolute atomic E-state index is 0.00713. The number of rotatable bonds is 4. The number of nitrogen functional groups attached to an aromatic ring is 1. The number of benzene rings is 1. The van der Waals surface area contributed by atoms with E-state index >= 15 is 0 Å². The second kappa shape index (κ2) is 6.97. The van der Waals surface area contributed by atoms with Gasteiger partial charge in [0, 0.05) is 18.8 Å². The largest absolute Gasteiger partial charge is 0.484 e. The van der Waals surface area contributed by atoms with E-state index in [0.29, 0.717) is 37.4 Å². The highest BCUT2D eigenvalue weighted by Gasteiger charge is 2.27. The zero-order valence-corrected chi connectivity index (χ0v) is 12.1. The maximum atomic E-state index is 12.0. The lowest BCUT2D eigenvalue weighted by atomic mass is 9.97. The highest BCUT2D eigenvalue weighted by Crippen LogP contribution is 2.19. The van der Waals surface area contributed by atoms with Crippen LogP contribution in [-0.2, 0) is 14.3 Å². The van der Waals surface area contributed by atoms with E-state index in [1.807, 2.05) is 0 Å². The van der Waals surface area contributed by atoms with E-state index in [4.69, 9.17) is 15.2 Å². The van der Waals surface area contributed by atoms with Crippen LogP contribution in [0.2, 0.25) is 0 Å². The van der Waals surface area contributed by atoms with Gasteiger partial charge in [0.1, 0.15) is 5.75 Å². The number of amides is 1. The molecule has 21 heavy (non-hydrogen) atoms. The summed E-state index contributed by atoms with van der Waals surface area (Å²) in [6, 6.07) is 6.90. The molecule has 1 aliphatic heterocycles. The van der Waals surface area contributed by atoms with Gasteiger partial charge >= 0.3 is 5.97 Å². The van der Waals surface area contributed by atoms with Crippen molar-refractivity contribution in [1.82, 2.24) is 4.90 Å². The van der Waals surface area contributed by atoms with E-state index in [0.717, 1.165) is 0 Å². The minimum atomic E-state index is -0.194. The Morgan fingerprint density at radius 1 is 1.24 bits per heavy atom. The number of methoxy groups -OCH3 is 1. The summed E-state index contributed by atoms with van der Waals surface area (Å²) in [4.78, 5) is 25.2. The predicted molar refractivity (Wildman–Crippen MR) is 77.7 cm³/mol. The van der Waals surface area contributed by atoms with Crippen LogP contribution < -0.4 is 10.5 Å². The van der Waals surface area contributed by atoms with Crippen LogP contribution in [0.3, 0.4) is 0 Å². The van der Waals surface area contributed by atoms with Crippen molar-refractivity contribution < 1.29 is 19.1 Å². The fourth-order valence-electron chi connectivity index (χ4n) is 2.33. The fourth-order valence-corrected chi connectivity index (χ4v) is 2.33. The van der Waals surface area contributed by atoms with Gasteiger partial charge in [0.05, 0.1) is 13.0 Å². The quantitative estimate of drug-likeness (QED) is 0.663. The molecule has 1 aliphatic rings. The van der Waals surface area contributed by atoms with E-state index in [1.54, 1.807) is 29.2 Å². The lowest BCUT2D eigenvalue weighted by molar-refractivity contribution is -0.149. The Balaban J connectivity index is 1.77. The zero-order valence-electron chi connectivity index (χ0n) is 12.1. The van der Waals surface area contributed by atoms with Crippen molar-refractivity contribution in [3.63, 3.8) is 0 Å². The molecule has 114 valence electrons. The van der Waals surface area contributed by atoms with Crippen LogP contribution >= 0.6 is 0 Å². The van der Waals surface area contributed by atoms with Gasteiger partial charge in [0.15, 0.2) is 6.61 Å². The Kier molecular flexibility index (Phi) is 5.03. The zero-order chi connectivity index (χ0) is 15.2. The van der Waals surface area contributed by atoms with E-state index in [2.05, 4.69) is 0 Å². The molecule has 0 bridgehead atoms. The molecule has 1 aromatic rings. The van der Waals surface area contributed by atoms with Gasteiger partial charge in [0.25, 0.3) is 5.91 Å². The van der Waals surface area contributed by atoms with Crippen molar-refractivity contribution >= 4 is 17.6 Å². The Labute approximate surface area is 123 Å². The number of hydrogen-bond donors (Lipinski definition) is 1. The molecule has 6 nitrogen and oxygen atoms in total. The van der Waals surface area contributed by atoms with Crippen LogP contribution in [0.5, 0.6) is 5.75 Å². The highest BCUT2D eigenvalue weighted by atomic mass is 16.5. The number of nitrogens with zero attached hydrogens (tertiary/aromatic N) is 1. The SMILES string of the molecule is COC(=O)C1CCN(C(=O)COc2ccc(N)cc2)CC1. The normalized spacial score (nSPS) is 15.6. The minimum Gasteiger partial charge on any atom is -0.484 e. The molecular formula is C15H20N2O4. The first-order valence-corrected chi connectivity index (χ1v) is 6.94. The van der Waals surface area contributed by atoms with Crippen molar-refractivity contribution in [1.29, 1.82) is 0 Å². The molecule has 1 aromatic carbocycles. The molecule has 2 rings (SSSR count). The lowest BCUT2D eigenvalue weighted by Crippen LogP contribution is -2.42. The molecular weight excluding hydrogens is 272 g/mol. The number of nitrogens with two attached hydrogens (primary N) is 1. The standard InChI is InChI=1S/C15H20N2O4/c1-20-15(19)11-6-8-17(9-7-11)14(18)10-21-13-4-2-12(16)3-5-13/h2-5,11H,6-10,16H2,1H3. The third kappa shape index (κ3) is 4.11. The second-order valence-corrected chi connectivity index (χ2v) is 5.04. The molecule has 1 saturated heterocycles. The van der Waals surface area contributed by atoms with Crippen molar-refractivity contribution in [3.05, 3.63) is 24.3 Å². The molecule has 2 N–H and O–H groups in total. The summed E-state index contributed by atoms with van der Waals surface area (Å²) < 4.78 is 10.2. The molecule has 1 heterocycles. The number of hydrogen-bond acceptors (Lipinski definition) is 5. The molecule has 0 unspecified atom stereocenters. The van der Waals surface area contributed by atoms with E-state index in [9.17, 15) is 9.59 Å². The van der Waals surface area contributed by atoms with Crippen molar-refractivity contribution in [2.75, 3.05) is 32.5 Å².